The molecule has 1 N–H and O–H groups in total. The van der Waals surface area contributed by atoms with Crippen molar-refractivity contribution >= 4 is 17.0 Å². The van der Waals surface area contributed by atoms with Gasteiger partial charge in [-0.3, -0.25) is 4.90 Å². The third-order valence-electron chi connectivity index (χ3n) is 5.23. The molecule has 5 rings (SSSR count). The van der Waals surface area contributed by atoms with Crippen LogP contribution in [0.25, 0.3) is 10.9 Å². The minimum Gasteiger partial charge on any atom is -0.447 e. The number of fused-ring (bicyclic) bond motifs is 4. The van der Waals surface area contributed by atoms with Gasteiger partial charge in [-0.15, -0.1) is 0 Å². The number of amides is 1. The van der Waals surface area contributed by atoms with Crippen molar-refractivity contribution in [3.63, 3.8) is 0 Å². The van der Waals surface area contributed by atoms with Crippen LogP contribution in [0.4, 0.5) is 4.79 Å². The quantitative estimate of drug-likeness (QED) is 0.738. The first-order chi connectivity index (χ1) is 11.7. The first-order valence-corrected chi connectivity index (χ1v) is 8.33. The zero-order chi connectivity index (χ0) is 16.3. The van der Waals surface area contributed by atoms with Gasteiger partial charge in [0.15, 0.2) is 0 Å². The van der Waals surface area contributed by atoms with Gasteiger partial charge in [-0.1, -0.05) is 48.0 Å². The van der Waals surface area contributed by atoms with E-state index in [0.717, 1.165) is 23.2 Å². The van der Waals surface area contributed by atoms with Crippen molar-refractivity contribution in [1.29, 1.82) is 0 Å². The fourth-order valence-electron chi connectivity index (χ4n) is 4.07. The van der Waals surface area contributed by atoms with Crippen LogP contribution in [0, 0.1) is 6.92 Å². The molecule has 0 aliphatic carbocycles. The predicted octanol–water partition coefficient (Wildman–Crippen LogP) is 3.94. The van der Waals surface area contributed by atoms with E-state index in [9.17, 15) is 4.79 Å². The molecular formula is C20H18N2O2. The van der Waals surface area contributed by atoms with E-state index < -0.39 is 0 Å². The molecular weight excluding hydrogens is 300 g/mol. The number of benzene rings is 2. The van der Waals surface area contributed by atoms with E-state index in [1.807, 2.05) is 11.0 Å². The van der Waals surface area contributed by atoms with Gasteiger partial charge in [-0.2, -0.15) is 0 Å². The van der Waals surface area contributed by atoms with Gasteiger partial charge in [0, 0.05) is 16.6 Å². The van der Waals surface area contributed by atoms with Crippen LogP contribution in [0.3, 0.4) is 0 Å². The predicted molar refractivity (Wildman–Crippen MR) is 92.0 cm³/mol. The number of aromatic amines is 1. The van der Waals surface area contributed by atoms with Gasteiger partial charge in [-0.05, 0) is 30.5 Å². The highest BCUT2D eigenvalue weighted by Crippen LogP contribution is 2.42. The van der Waals surface area contributed by atoms with Crippen LogP contribution in [-0.2, 0) is 11.2 Å². The van der Waals surface area contributed by atoms with E-state index in [2.05, 4.69) is 54.4 Å². The van der Waals surface area contributed by atoms with E-state index in [0.29, 0.717) is 6.61 Å². The molecule has 2 aliphatic heterocycles. The number of para-hydroxylation sites is 1. The molecule has 0 radical (unpaired) electrons. The number of carbonyl (C=O) groups excluding carboxylic acids is 1. The molecule has 1 amide bonds. The van der Waals surface area contributed by atoms with Crippen molar-refractivity contribution in [1.82, 2.24) is 9.88 Å². The number of carbonyl (C=O) groups is 1. The molecule has 0 spiro atoms. The van der Waals surface area contributed by atoms with Crippen LogP contribution in [0.2, 0.25) is 0 Å². The Bertz CT molecular complexity index is 942. The molecule has 24 heavy (non-hydrogen) atoms. The van der Waals surface area contributed by atoms with Crippen LogP contribution in [0.5, 0.6) is 0 Å². The highest BCUT2D eigenvalue weighted by Gasteiger charge is 2.45. The van der Waals surface area contributed by atoms with Crippen LogP contribution in [0.1, 0.15) is 28.4 Å². The Morgan fingerprint density at radius 2 is 1.92 bits per heavy atom. The lowest BCUT2D eigenvalue weighted by Gasteiger charge is -2.35. The molecule has 3 heterocycles. The van der Waals surface area contributed by atoms with Crippen LogP contribution >= 0.6 is 0 Å². The number of aromatic nitrogens is 1. The van der Waals surface area contributed by atoms with Gasteiger partial charge in [-0.25, -0.2) is 4.79 Å². The number of nitrogens with one attached hydrogen (secondary N) is 1. The second-order valence-corrected chi connectivity index (χ2v) is 6.72. The Balaban J connectivity index is 1.75. The summed E-state index contributed by atoms with van der Waals surface area (Å²) in [6, 6.07) is 16.8. The zero-order valence-corrected chi connectivity index (χ0v) is 13.5. The maximum Gasteiger partial charge on any atom is 0.411 e. The van der Waals surface area contributed by atoms with Gasteiger partial charge in [0.2, 0.25) is 0 Å². The van der Waals surface area contributed by atoms with Gasteiger partial charge in [0.05, 0.1) is 6.04 Å². The monoisotopic (exact) mass is 318 g/mol. The molecule has 4 nitrogen and oxygen atoms in total. The molecule has 0 bridgehead atoms. The lowest BCUT2D eigenvalue weighted by Crippen LogP contribution is -2.42. The fraction of sp³-hybridized carbons (Fsp3) is 0.250. The summed E-state index contributed by atoms with van der Waals surface area (Å²) in [4.78, 5) is 17.8. The van der Waals surface area contributed by atoms with Gasteiger partial charge in [0.25, 0.3) is 0 Å². The van der Waals surface area contributed by atoms with Gasteiger partial charge >= 0.3 is 6.09 Å². The largest absolute Gasteiger partial charge is 0.447 e. The third-order valence-corrected chi connectivity index (χ3v) is 5.23. The second kappa shape index (κ2) is 4.87. The maximum absolute atomic E-state index is 12.4. The van der Waals surface area contributed by atoms with Crippen molar-refractivity contribution < 1.29 is 9.53 Å². The standard InChI is InChI=1S/C20H18N2O2/c1-12-6-8-13(9-7-12)19-18-16(10-14-11-24-20(23)22(14)19)15-4-2-3-5-17(15)21-18/h2-9,14,19,21H,10-11H2,1H3. The van der Waals surface area contributed by atoms with Gasteiger partial charge in [0.1, 0.15) is 12.6 Å². The number of hydrogen-bond acceptors (Lipinski definition) is 2. The summed E-state index contributed by atoms with van der Waals surface area (Å²) in [5.41, 5.74) is 5.91. The van der Waals surface area contributed by atoms with E-state index in [1.165, 1.54) is 16.5 Å². The van der Waals surface area contributed by atoms with E-state index >= 15 is 0 Å². The van der Waals surface area contributed by atoms with Crippen molar-refractivity contribution in [2.75, 3.05) is 6.61 Å². The third kappa shape index (κ3) is 1.83. The first kappa shape index (κ1) is 13.7. The second-order valence-electron chi connectivity index (χ2n) is 6.72. The lowest BCUT2D eigenvalue weighted by molar-refractivity contribution is 0.147. The summed E-state index contributed by atoms with van der Waals surface area (Å²) in [7, 11) is 0. The molecule has 3 aromatic rings. The Morgan fingerprint density at radius 3 is 2.75 bits per heavy atom. The zero-order valence-electron chi connectivity index (χ0n) is 13.5. The molecule has 2 aromatic carbocycles. The summed E-state index contributed by atoms with van der Waals surface area (Å²) >= 11 is 0. The number of nitrogens with zero attached hydrogens (tertiary/aromatic N) is 1. The molecule has 1 aromatic heterocycles. The fourth-order valence-corrected chi connectivity index (χ4v) is 4.07. The normalized spacial score (nSPS) is 22.4. The number of rotatable bonds is 1. The molecule has 0 saturated carbocycles. The number of hydrogen-bond donors (Lipinski definition) is 1. The maximum atomic E-state index is 12.4. The van der Waals surface area contributed by atoms with Crippen molar-refractivity contribution in [2.24, 2.45) is 0 Å². The molecule has 2 atom stereocenters. The molecule has 120 valence electrons. The molecule has 4 heteroatoms. The van der Waals surface area contributed by atoms with Crippen LogP contribution < -0.4 is 0 Å². The minimum atomic E-state index is -0.213. The Morgan fingerprint density at radius 1 is 1.12 bits per heavy atom. The number of H-pyrrole nitrogens is 1. The lowest BCUT2D eigenvalue weighted by atomic mass is 9.89. The smallest absolute Gasteiger partial charge is 0.411 e. The van der Waals surface area contributed by atoms with Crippen molar-refractivity contribution in [3.8, 4) is 0 Å². The Hall–Kier alpha value is -2.75. The highest BCUT2D eigenvalue weighted by molar-refractivity contribution is 5.86. The first-order valence-electron chi connectivity index (χ1n) is 8.33. The summed E-state index contributed by atoms with van der Waals surface area (Å²) in [6.45, 7) is 2.55. The van der Waals surface area contributed by atoms with Crippen molar-refractivity contribution in [3.05, 3.63) is 70.9 Å². The summed E-state index contributed by atoms with van der Waals surface area (Å²) < 4.78 is 5.36. The number of aryl methyl sites for hydroxylation is 1. The topological polar surface area (TPSA) is 45.3 Å². The van der Waals surface area contributed by atoms with E-state index in [-0.39, 0.29) is 18.2 Å². The number of ether oxygens (including phenoxy) is 1. The Labute approximate surface area is 140 Å². The molecule has 1 fully saturated rings. The summed E-state index contributed by atoms with van der Waals surface area (Å²) in [5, 5.41) is 1.25. The molecule has 2 aliphatic rings. The van der Waals surface area contributed by atoms with E-state index in [4.69, 9.17) is 4.74 Å². The average Bonchev–Trinajstić information content (AvgIpc) is 3.15. The minimum absolute atomic E-state index is 0.107. The summed E-state index contributed by atoms with van der Waals surface area (Å²) in [5.74, 6) is 0. The van der Waals surface area contributed by atoms with Crippen LogP contribution in [-0.4, -0.2) is 28.6 Å². The molecule has 1 saturated heterocycles. The SMILES string of the molecule is Cc1ccc(C2c3[nH]c4ccccc4c3CC3COC(=O)N32)cc1. The highest BCUT2D eigenvalue weighted by atomic mass is 16.6. The Kier molecular flexibility index (Phi) is 2.77. The van der Waals surface area contributed by atoms with Gasteiger partial charge < -0.3 is 9.72 Å². The molecule has 2 unspecified atom stereocenters. The van der Waals surface area contributed by atoms with Crippen LogP contribution in [0.15, 0.2) is 48.5 Å². The van der Waals surface area contributed by atoms with Crippen molar-refractivity contribution in [2.45, 2.75) is 25.4 Å². The van der Waals surface area contributed by atoms with E-state index in [1.54, 1.807) is 0 Å². The summed E-state index contributed by atoms with van der Waals surface area (Å²) in [6.07, 6.45) is 0.628. The average molecular weight is 318 g/mol. The number of cyclic esters (lactones) is 1.